The zero-order chi connectivity index (χ0) is 18.2. The predicted molar refractivity (Wildman–Crippen MR) is 97.6 cm³/mol. The monoisotopic (exact) mass is 332 g/mol. The van der Waals surface area contributed by atoms with Gasteiger partial charge in [-0.05, 0) is 38.5 Å². The van der Waals surface area contributed by atoms with Crippen LogP contribution in [0, 0.1) is 0 Å². The molecule has 1 aromatic rings. The fourth-order valence-corrected chi connectivity index (χ4v) is 2.36. The zero-order valence-corrected chi connectivity index (χ0v) is 15.2. The average molecular weight is 332 g/mol. The smallest absolute Gasteiger partial charge is 0.361 e. The van der Waals surface area contributed by atoms with E-state index in [9.17, 15) is 9.59 Å². The van der Waals surface area contributed by atoms with Crippen LogP contribution < -0.4 is 11.1 Å². The van der Waals surface area contributed by atoms with Gasteiger partial charge in [0.2, 0.25) is 5.91 Å². The van der Waals surface area contributed by atoms with E-state index in [1.54, 1.807) is 6.92 Å². The number of rotatable bonds is 9. The van der Waals surface area contributed by atoms with Crippen LogP contribution in [-0.2, 0) is 14.2 Å². The van der Waals surface area contributed by atoms with Crippen LogP contribution in [0.15, 0.2) is 30.3 Å². The Morgan fingerprint density at radius 1 is 1.25 bits per heavy atom. The average Bonchev–Trinajstić information content (AvgIpc) is 2.58. The Morgan fingerprint density at radius 2 is 1.83 bits per heavy atom. The minimum Gasteiger partial charge on any atom is -0.535 e. The van der Waals surface area contributed by atoms with Gasteiger partial charge in [-0.25, -0.2) is 0 Å². The molecule has 0 bridgehead atoms. The number of benzene rings is 1. The van der Waals surface area contributed by atoms with E-state index < -0.39 is 11.5 Å². The number of nitrogens with one attached hydrogen (secondary N) is 1. The van der Waals surface area contributed by atoms with Crippen molar-refractivity contribution >= 4 is 18.8 Å². The van der Waals surface area contributed by atoms with E-state index in [2.05, 4.69) is 5.32 Å². The highest BCUT2D eigenvalue weighted by molar-refractivity contribution is 6.53. The molecule has 0 aliphatic heterocycles. The van der Waals surface area contributed by atoms with Gasteiger partial charge in [-0.1, -0.05) is 44.2 Å². The van der Waals surface area contributed by atoms with Crippen LogP contribution in [-0.4, -0.2) is 24.3 Å². The Balaban J connectivity index is 2.48. The third kappa shape index (κ3) is 6.36. The maximum Gasteiger partial charge on any atom is 0.361 e. The molecule has 1 amide bonds. The van der Waals surface area contributed by atoms with Gasteiger partial charge in [0.15, 0.2) is 0 Å². The molecular formula is C18H29BN2O3. The summed E-state index contributed by atoms with van der Waals surface area (Å²) in [5, 5.41) is 2.92. The number of nitrogens with two attached hydrogens (primary N) is 1. The van der Waals surface area contributed by atoms with Gasteiger partial charge < -0.3 is 15.7 Å². The maximum absolute atomic E-state index is 12.2. The summed E-state index contributed by atoms with van der Waals surface area (Å²) in [5.41, 5.74) is 5.93. The van der Waals surface area contributed by atoms with Gasteiger partial charge in [0.1, 0.15) is 5.54 Å². The summed E-state index contributed by atoms with van der Waals surface area (Å²) in [6.07, 6.45) is 1.95. The first-order chi connectivity index (χ1) is 11.3. The first kappa shape index (κ1) is 20.2. The first-order valence-electron chi connectivity index (χ1n) is 8.64. The van der Waals surface area contributed by atoms with Crippen molar-refractivity contribution in [2.45, 2.75) is 64.8 Å². The van der Waals surface area contributed by atoms with E-state index in [4.69, 9.17) is 10.4 Å². The number of amides is 1. The molecule has 0 saturated carbocycles. The summed E-state index contributed by atoms with van der Waals surface area (Å²) in [5.74, 6) is -0.571. The lowest BCUT2D eigenvalue weighted by Crippen LogP contribution is -2.48. The van der Waals surface area contributed by atoms with Crippen LogP contribution in [0.1, 0.15) is 52.1 Å². The zero-order valence-electron chi connectivity index (χ0n) is 15.2. The number of carbonyl (C=O) groups is 2. The minimum atomic E-state index is -1.16. The molecule has 0 aromatic heterocycles. The van der Waals surface area contributed by atoms with Crippen LogP contribution in [0.2, 0.25) is 12.6 Å². The van der Waals surface area contributed by atoms with E-state index in [0.717, 1.165) is 18.2 Å². The van der Waals surface area contributed by atoms with E-state index in [1.165, 1.54) is 0 Å². The second kappa shape index (κ2) is 9.47. The Bertz CT molecular complexity index is 530. The molecule has 24 heavy (non-hydrogen) atoms. The summed E-state index contributed by atoms with van der Waals surface area (Å²) >= 11 is 0. The molecule has 132 valence electrons. The lowest BCUT2D eigenvalue weighted by atomic mass is 9.62. The fraction of sp³-hybridized carbons (Fsp3) is 0.556. The third-order valence-electron chi connectivity index (χ3n) is 4.20. The Labute approximate surface area is 145 Å². The Kier molecular flexibility index (Phi) is 7.99. The van der Waals surface area contributed by atoms with Crippen molar-refractivity contribution in [1.29, 1.82) is 0 Å². The normalized spacial score (nSPS) is 14.4. The molecule has 0 radical (unpaired) electrons. The van der Waals surface area contributed by atoms with Crippen molar-refractivity contribution in [3.8, 4) is 0 Å². The summed E-state index contributed by atoms with van der Waals surface area (Å²) in [4.78, 5) is 24.3. The van der Waals surface area contributed by atoms with Crippen LogP contribution in [0.4, 0.5) is 0 Å². The van der Waals surface area contributed by atoms with Crippen LogP contribution in [0.5, 0.6) is 0 Å². The molecule has 3 N–H and O–H groups in total. The lowest BCUT2D eigenvalue weighted by molar-refractivity contribution is -0.140. The van der Waals surface area contributed by atoms with Gasteiger partial charge >= 0.3 is 12.9 Å². The van der Waals surface area contributed by atoms with Crippen LogP contribution in [0.25, 0.3) is 0 Å². The van der Waals surface area contributed by atoms with Crippen LogP contribution >= 0.6 is 0 Å². The summed E-state index contributed by atoms with van der Waals surface area (Å²) in [7, 11) is 0. The molecule has 1 aromatic carbocycles. The molecule has 0 fully saturated rings. The molecule has 0 spiro atoms. The first-order valence-corrected chi connectivity index (χ1v) is 8.64. The van der Waals surface area contributed by atoms with E-state index in [-0.39, 0.29) is 31.7 Å². The number of hydrogen-bond donors (Lipinski definition) is 2. The van der Waals surface area contributed by atoms with E-state index >= 15 is 0 Å². The van der Waals surface area contributed by atoms with Gasteiger partial charge in [-0.15, -0.1) is 0 Å². The minimum absolute atomic E-state index is 0.0840. The topological polar surface area (TPSA) is 81.4 Å². The van der Waals surface area contributed by atoms with Crippen molar-refractivity contribution in [3.63, 3.8) is 0 Å². The third-order valence-corrected chi connectivity index (χ3v) is 4.20. The van der Waals surface area contributed by atoms with Gasteiger partial charge in [0.25, 0.3) is 0 Å². The molecule has 0 aliphatic carbocycles. The van der Waals surface area contributed by atoms with Crippen molar-refractivity contribution in [2.75, 3.05) is 0 Å². The van der Waals surface area contributed by atoms with Crippen molar-refractivity contribution in [3.05, 3.63) is 35.9 Å². The fourth-order valence-electron chi connectivity index (χ4n) is 2.36. The predicted octanol–water partition coefficient (Wildman–Crippen LogP) is 2.94. The lowest BCUT2D eigenvalue weighted by Gasteiger charge is -2.25. The largest absolute Gasteiger partial charge is 0.535 e. The van der Waals surface area contributed by atoms with Gasteiger partial charge in [0, 0.05) is 6.42 Å². The standard InChI is InChI=1S/C18H29BN2O3/c1-5-19(6-2)24-17(23)18(4,20)13-12-16(22)21-14(3)15-10-8-7-9-11-15/h7-11,14H,5-6,12-13,20H2,1-4H3,(H,21,22)/t14-,18+/m1/s1. The molecule has 6 heteroatoms. The molecule has 5 nitrogen and oxygen atoms in total. The molecule has 0 saturated heterocycles. The molecule has 1 rings (SSSR count). The number of carbonyl (C=O) groups excluding carboxylic acids is 2. The van der Waals surface area contributed by atoms with Gasteiger partial charge in [0.05, 0.1) is 6.04 Å². The number of hydrogen-bond acceptors (Lipinski definition) is 4. The SMILES string of the molecule is CCB(CC)OC(=O)[C@@](C)(N)CCC(=O)N[C@H](C)c1ccccc1. The van der Waals surface area contributed by atoms with Crippen molar-refractivity contribution < 1.29 is 14.2 Å². The van der Waals surface area contributed by atoms with Gasteiger partial charge in [-0.2, -0.15) is 0 Å². The molecule has 2 atom stereocenters. The highest BCUT2D eigenvalue weighted by Gasteiger charge is 2.32. The Morgan fingerprint density at radius 3 is 2.38 bits per heavy atom. The maximum atomic E-state index is 12.2. The van der Waals surface area contributed by atoms with E-state index in [0.29, 0.717) is 0 Å². The molecule has 0 aliphatic rings. The quantitative estimate of drug-likeness (QED) is 0.681. The summed E-state index contributed by atoms with van der Waals surface area (Å²) in [6, 6.07) is 9.64. The van der Waals surface area contributed by atoms with E-state index in [1.807, 2.05) is 51.1 Å². The second-order valence-electron chi connectivity index (χ2n) is 6.46. The van der Waals surface area contributed by atoms with Crippen molar-refractivity contribution in [2.24, 2.45) is 5.73 Å². The van der Waals surface area contributed by atoms with Crippen LogP contribution in [0.3, 0.4) is 0 Å². The molecule has 0 unspecified atom stereocenters. The van der Waals surface area contributed by atoms with Gasteiger partial charge in [-0.3, -0.25) is 9.59 Å². The Hall–Kier alpha value is -1.82. The molecular weight excluding hydrogens is 303 g/mol. The van der Waals surface area contributed by atoms with Crippen molar-refractivity contribution in [1.82, 2.24) is 5.32 Å². The molecule has 0 heterocycles. The highest BCUT2D eigenvalue weighted by Crippen LogP contribution is 2.15. The highest BCUT2D eigenvalue weighted by atomic mass is 16.5. The summed E-state index contributed by atoms with van der Waals surface area (Å²) < 4.78 is 5.40. The second-order valence-corrected chi connectivity index (χ2v) is 6.46. The summed E-state index contributed by atoms with van der Waals surface area (Å²) in [6.45, 7) is 7.36.